The zero-order valence-corrected chi connectivity index (χ0v) is 18.3. The molecule has 31 heavy (non-hydrogen) atoms. The number of rotatable bonds is 6. The number of carbonyl (C=O) groups excluding carboxylic acids is 2. The normalized spacial score (nSPS) is 18.3. The Morgan fingerprint density at radius 3 is 2.90 bits per heavy atom. The largest absolute Gasteiger partial charge is 0.345 e. The lowest BCUT2D eigenvalue weighted by molar-refractivity contribution is -0.118. The van der Waals surface area contributed by atoms with E-state index in [9.17, 15) is 9.59 Å². The topological polar surface area (TPSA) is 102 Å². The Morgan fingerprint density at radius 1 is 1.26 bits per heavy atom. The van der Waals surface area contributed by atoms with Gasteiger partial charge in [0.1, 0.15) is 11.8 Å². The van der Waals surface area contributed by atoms with Crippen LogP contribution in [0.3, 0.4) is 0 Å². The summed E-state index contributed by atoms with van der Waals surface area (Å²) in [5.41, 5.74) is 2.34. The minimum Gasteiger partial charge on any atom is -0.345 e. The SMILES string of the molecule is Cc1cccc(C(=O)NCc2nnc(SC(C)C3=NC(=O)C4C=CC=CC4=N3)n2C)c1. The number of amidine groups is 1. The number of allylic oxidation sites excluding steroid dienone is 3. The number of nitrogens with zero attached hydrogens (tertiary/aromatic N) is 5. The molecule has 4 rings (SSSR count). The smallest absolute Gasteiger partial charge is 0.260 e. The van der Waals surface area contributed by atoms with Crippen LogP contribution in [0, 0.1) is 12.8 Å². The predicted molar refractivity (Wildman–Crippen MR) is 120 cm³/mol. The average molecular weight is 435 g/mol. The second-order valence-electron chi connectivity index (χ2n) is 7.34. The van der Waals surface area contributed by atoms with Crippen molar-refractivity contribution in [2.45, 2.75) is 30.8 Å². The van der Waals surface area contributed by atoms with Crippen molar-refractivity contribution < 1.29 is 9.59 Å². The molecule has 2 heterocycles. The standard InChI is InChI=1S/C22H22N6O2S/c1-13-7-6-8-15(11-13)20(29)23-12-18-26-27-22(28(18)3)31-14(2)19-24-17-10-5-4-9-16(17)21(30)25-19/h4-11,14,16H,12H2,1-3H3,(H,23,29). The number of aromatic nitrogens is 3. The Kier molecular flexibility index (Phi) is 5.94. The molecule has 2 amide bonds. The van der Waals surface area contributed by atoms with Crippen LogP contribution in [-0.4, -0.2) is 43.4 Å². The molecule has 0 radical (unpaired) electrons. The van der Waals surface area contributed by atoms with Gasteiger partial charge in [0.05, 0.1) is 17.5 Å². The van der Waals surface area contributed by atoms with Crippen molar-refractivity contribution in [1.82, 2.24) is 20.1 Å². The molecule has 9 heteroatoms. The van der Waals surface area contributed by atoms with Crippen LogP contribution >= 0.6 is 11.8 Å². The van der Waals surface area contributed by atoms with Gasteiger partial charge in [-0.05, 0) is 32.1 Å². The highest BCUT2D eigenvalue weighted by Crippen LogP contribution is 2.26. The van der Waals surface area contributed by atoms with E-state index >= 15 is 0 Å². The Labute approximate surface area is 184 Å². The summed E-state index contributed by atoms with van der Waals surface area (Å²) < 4.78 is 1.82. The van der Waals surface area contributed by atoms with Crippen LogP contribution < -0.4 is 5.32 Å². The van der Waals surface area contributed by atoms with Crippen molar-refractivity contribution in [2.75, 3.05) is 0 Å². The van der Waals surface area contributed by atoms with Crippen LogP contribution in [0.5, 0.6) is 0 Å². The van der Waals surface area contributed by atoms with E-state index in [0.29, 0.717) is 28.1 Å². The summed E-state index contributed by atoms with van der Waals surface area (Å²) in [6, 6.07) is 7.41. The van der Waals surface area contributed by atoms with Crippen molar-refractivity contribution in [2.24, 2.45) is 23.0 Å². The highest BCUT2D eigenvalue weighted by molar-refractivity contribution is 8.00. The van der Waals surface area contributed by atoms with Gasteiger partial charge in [0.2, 0.25) is 0 Å². The summed E-state index contributed by atoms with van der Waals surface area (Å²) in [5.74, 6) is 0.349. The van der Waals surface area contributed by atoms with Gasteiger partial charge in [-0.2, -0.15) is 4.99 Å². The van der Waals surface area contributed by atoms with Crippen molar-refractivity contribution in [3.05, 3.63) is 65.5 Å². The Hall–Kier alpha value is -3.33. The molecule has 0 saturated heterocycles. The van der Waals surface area contributed by atoms with E-state index in [2.05, 4.69) is 25.5 Å². The molecule has 2 atom stereocenters. The zero-order valence-electron chi connectivity index (χ0n) is 17.4. The van der Waals surface area contributed by atoms with Gasteiger partial charge in [0, 0.05) is 12.6 Å². The maximum absolute atomic E-state index is 12.4. The van der Waals surface area contributed by atoms with Gasteiger partial charge in [0.15, 0.2) is 11.0 Å². The highest BCUT2D eigenvalue weighted by atomic mass is 32.2. The predicted octanol–water partition coefficient (Wildman–Crippen LogP) is 2.66. The maximum atomic E-state index is 12.4. The number of aliphatic imine (C=N–C) groups is 2. The number of fused-ring (bicyclic) bond motifs is 1. The van der Waals surface area contributed by atoms with Crippen molar-refractivity contribution in [1.29, 1.82) is 0 Å². The third kappa shape index (κ3) is 4.56. The molecule has 1 aromatic heterocycles. The molecular weight excluding hydrogens is 412 g/mol. The third-order valence-electron chi connectivity index (χ3n) is 4.99. The number of hydrogen-bond acceptors (Lipinski definition) is 6. The monoisotopic (exact) mass is 434 g/mol. The first kappa shape index (κ1) is 20.9. The summed E-state index contributed by atoms with van der Waals surface area (Å²) in [7, 11) is 1.84. The maximum Gasteiger partial charge on any atom is 0.260 e. The van der Waals surface area contributed by atoms with Crippen LogP contribution in [0.15, 0.2) is 63.7 Å². The first-order valence-electron chi connectivity index (χ1n) is 9.88. The molecule has 0 fully saturated rings. The molecule has 158 valence electrons. The van der Waals surface area contributed by atoms with Crippen molar-refractivity contribution in [3.63, 3.8) is 0 Å². The molecule has 0 bridgehead atoms. The molecule has 0 spiro atoms. The molecule has 1 N–H and O–H groups in total. The minimum atomic E-state index is -0.385. The number of aryl methyl sites for hydroxylation is 1. The molecule has 2 unspecified atom stereocenters. The Morgan fingerprint density at radius 2 is 2.10 bits per heavy atom. The number of thioether (sulfide) groups is 1. The Bertz CT molecular complexity index is 1160. The lowest BCUT2D eigenvalue weighted by Gasteiger charge is -2.20. The van der Waals surface area contributed by atoms with Gasteiger partial charge < -0.3 is 9.88 Å². The van der Waals surface area contributed by atoms with Gasteiger partial charge >= 0.3 is 0 Å². The van der Waals surface area contributed by atoms with Gasteiger partial charge in [-0.1, -0.05) is 47.7 Å². The average Bonchev–Trinajstić information content (AvgIpc) is 3.11. The zero-order chi connectivity index (χ0) is 22.0. The van der Waals surface area contributed by atoms with E-state index in [1.165, 1.54) is 11.8 Å². The molecule has 1 aliphatic carbocycles. The van der Waals surface area contributed by atoms with Crippen LogP contribution in [0.1, 0.15) is 28.7 Å². The summed E-state index contributed by atoms with van der Waals surface area (Å²) in [5, 5.41) is 11.8. The van der Waals surface area contributed by atoms with E-state index in [1.54, 1.807) is 12.1 Å². The van der Waals surface area contributed by atoms with E-state index in [-0.39, 0.29) is 29.5 Å². The van der Waals surface area contributed by atoms with Gasteiger partial charge in [-0.15, -0.1) is 10.2 Å². The summed E-state index contributed by atoms with van der Waals surface area (Å²) in [6.45, 7) is 4.13. The quantitative estimate of drug-likeness (QED) is 0.705. The number of hydrogen-bond donors (Lipinski definition) is 1. The third-order valence-corrected chi connectivity index (χ3v) is 6.12. The number of amides is 2. The second-order valence-corrected chi connectivity index (χ2v) is 8.64. The van der Waals surface area contributed by atoms with E-state index < -0.39 is 0 Å². The van der Waals surface area contributed by atoms with Crippen LogP contribution in [0.4, 0.5) is 0 Å². The summed E-state index contributed by atoms with van der Waals surface area (Å²) >= 11 is 1.42. The molecule has 2 aliphatic rings. The number of nitrogens with one attached hydrogen (secondary N) is 1. The molecule has 8 nitrogen and oxygen atoms in total. The second kappa shape index (κ2) is 8.81. The first-order chi connectivity index (χ1) is 14.9. The molecule has 1 aliphatic heterocycles. The molecule has 2 aromatic rings. The van der Waals surface area contributed by atoms with Crippen molar-refractivity contribution in [3.8, 4) is 0 Å². The molecular formula is C22H22N6O2S. The van der Waals surface area contributed by atoms with Crippen LogP contribution in [0.25, 0.3) is 0 Å². The summed E-state index contributed by atoms with van der Waals surface area (Å²) in [4.78, 5) is 33.4. The van der Waals surface area contributed by atoms with Gasteiger partial charge in [-0.25, -0.2) is 4.99 Å². The van der Waals surface area contributed by atoms with E-state index in [1.807, 2.05) is 61.9 Å². The number of benzene rings is 1. The first-order valence-corrected chi connectivity index (χ1v) is 10.8. The van der Waals surface area contributed by atoms with Crippen molar-refractivity contribution >= 4 is 35.1 Å². The fourth-order valence-corrected chi connectivity index (χ4v) is 4.11. The summed E-state index contributed by atoms with van der Waals surface area (Å²) in [6.07, 6.45) is 7.34. The minimum absolute atomic E-state index is 0.163. The van der Waals surface area contributed by atoms with Crippen LogP contribution in [-0.2, 0) is 18.4 Å². The lowest BCUT2D eigenvalue weighted by atomic mass is 9.96. The molecule has 0 saturated carbocycles. The van der Waals surface area contributed by atoms with Crippen LogP contribution in [0.2, 0.25) is 0 Å². The van der Waals surface area contributed by atoms with Gasteiger partial charge in [0.25, 0.3) is 11.8 Å². The number of carbonyl (C=O) groups is 2. The fourth-order valence-electron chi connectivity index (χ4n) is 3.23. The molecule has 1 aromatic carbocycles. The van der Waals surface area contributed by atoms with E-state index in [4.69, 9.17) is 0 Å². The highest BCUT2D eigenvalue weighted by Gasteiger charge is 2.29. The fraction of sp³-hybridized carbons (Fsp3) is 0.273. The van der Waals surface area contributed by atoms with E-state index in [0.717, 1.165) is 5.56 Å². The lowest BCUT2D eigenvalue weighted by Crippen LogP contribution is -2.30. The van der Waals surface area contributed by atoms with Gasteiger partial charge in [-0.3, -0.25) is 9.59 Å². The Balaban J connectivity index is 1.41.